The van der Waals surface area contributed by atoms with Crippen LogP contribution >= 0.6 is 0 Å². The monoisotopic (exact) mass is 284 g/mol. The van der Waals surface area contributed by atoms with Gasteiger partial charge in [-0.15, -0.1) is 0 Å². The maximum Gasteiger partial charge on any atom is 0.297 e. The third-order valence-electron chi connectivity index (χ3n) is 2.19. The largest absolute Gasteiger partial charge is 0.508 e. The maximum atomic E-state index is 11.9. The van der Waals surface area contributed by atoms with Crippen molar-refractivity contribution in [3.63, 3.8) is 0 Å². The number of sulfonamides is 1. The summed E-state index contributed by atoms with van der Waals surface area (Å²) >= 11 is 0. The molecule has 2 aromatic rings. The molecule has 0 atom stereocenters. The number of phenolic OH excluding ortho intramolecular Hbond substituents is 1. The summed E-state index contributed by atoms with van der Waals surface area (Å²) in [7, 11) is -3.99. The molecule has 0 unspecified atom stereocenters. The second-order valence-electron chi connectivity index (χ2n) is 3.48. The lowest BCUT2D eigenvalue weighted by Gasteiger charge is -2.06. The normalized spacial score (nSPS) is 11.2. The molecule has 100 valence electrons. The van der Waals surface area contributed by atoms with Crippen molar-refractivity contribution in [2.75, 3.05) is 4.72 Å². The number of benzene rings is 1. The number of nitrogens with one attached hydrogen (secondary N) is 2. The van der Waals surface area contributed by atoms with Crippen molar-refractivity contribution < 1.29 is 18.4 Å². The molecule has 0 radical (unpaired) electrons. The van der Waals surface area contributed by atoms with Crippen LogP contribution in [0.3, 0.4) is 0 Å². The number of nitrogens with zero attached hydrogens (tertiary/aromatic N) is 2. The quantitative estimate of drug-likeness (QED) is 0.431. The number of aromatic hydroxyl groups is 1. The van der Waals surface area contributed by atoms with Gasteiger partial charge in [0.1, 0.15) is 11.4 Å². The number of H-pyrrole nitrogens is 1. The fourth-order valence-corrected chi connectivity index (χ4v) is 2.33. The minimum Gasteiger partial charge on any atom is -0.508 e. The Morgan fingerprint density at radius 2 is 2.11 bits per heavy atom. The first-order chi connectivity index (χ1) is 8.90. The van der Waals surface area contributed by atoms with E-state index in [1.54, 1.807) is 0 Å². The highest BCUT2D eigenvalue weighted by atomic mass is 32.2. The third-order valence-corrected chi connectivity index (χ3v) is 3.48. The van der Waals surface area contributed by atoms with Crippen LogP contribution in [0, 0.1) is 10.1 Å². The number of hydrogen-bond acceptors (Lipinski definition) is 6. The molecule has 1 aromatic heterocycles. The number of hydrogen-bond donors (Lipinski definition) is 3. The van der Waals surface area contributed by atoms with E-state index in [1.165, 1.54) is 12.3 Å². The molecule has 0 saturated carbocycles. The number of nitro groups is 1. The summed E-state index contributed by atoms with van der Waals surface area (Å²) in [4.78, 5) is 9.98. The number of nitro benzene ring substituents is 1. The van der Waals surface area contributed by atoms with Crippen molar-refractivity contribution in [2.45, 2.75) is 5.03 Å². The molecule has 0 aliphatic rings. The molecule has 0 aliphatic heterocycles. The lowest BCUT2D eigenvalue weighted by molar-refractivity contribution is -0.384. The number of phenols is 1. The highest BCUT2D eigenvalue weighted by Gasteiger charge is 2.22. The standard InChI is InChI=1S/C9H8N4O5S/c14-6-1-2-7(8(5-6)13(15)16)12-19(17,18)9-3-4-10-11-9/h1-5,12,14H,(H,10,11). The van der Waals surface area contributed by atoms with E-state index in [1.807, 2.05) is 4.72 Å². The molecule has 0 fully saturated rings. The molecule has 1 heterocycles. The van der Waals surface area contributed by atoms with Gasteiger partial charge >= 0.3 is 0 Å². The summed E-state index contributed by atoms with van der Waals surface area (Å²) in [5.41, 5.74) is -0.805. The Kier molecular flexibility index (Phi) is 3.09. The zero-order valence-electron chi connectivity index (χ0n) is 9.27. The van der Waals surface area contributed by atoms with Gasteiger partial charge in [0.2, 0.25) is 0 Å². The Morgan fingerprint density at radius 1 is 1.37 bits per heavy atom. The summed E-state index contributed by atoms with van der Waals surface area (Å²) < 4.78 is 25.8. The van der Waals surface area contributed by atoms with Gasteiger partial charge in [0.05, 0.1) is 17.2 Å². The van der Waals surface area contributed by atoms with Crippen LogP contribution in [0.25, 0.3) is 0 Å². The highest BCUT2D eigenvalue weighted by molar-refractivity contribution is 7.92. The third kappa shape index (κ3) is 2.63. The van der Waals surface area contributed by atoms with Gasteiger partial charge in [0.15, 0.2) is 5.03 Å². The smallest absolute Gasteiger partial charge is 0.297 e. The molecule has 2 rings (SSSR count). The van der Waals surface area contributed by atoms with E-state index >= 15 is 0 Å². The minimum absolute atomic E-state index is 0.227. The van der Waals surface area contributed by atoms with Crippen molar-refractivity contribution in [2.24, 2.45) is 0 Å². The first-order valence-electron chi connectivity index (χ1n) is 4.90. The predicted molar refractivity (Wildman–Crippen MR) is 64.2 cm³/mol. The van der Waals surface area contributed by atoms with Crippen molar-refractivity contribution in [3.8, 4) is 5.75 Å². The Bertz CT molecular complexity index is 710. The Balaban J connectivity index is 2.42. The fraction of sp³-hybridized carbons (Fsp3) is 0. The summed E-state index contributed by atoms with van der Waals surface area (Å²) in [6.07, 6.45) is 1.24. The zero-order chi connectivity index (χ0) is 14.0. The van der Waals surface area contributed by atoms with Crippen LogP contribution in [0.15, 0.2) is 35.5 Å². The molecule has 0 bridgehead atoms. The fourth-order valence-electron chi connectivity index (χ4n) is 1.35. The average Bonchev–Trinajstić information content (AvgIpc) is 2.85. The van der Waals surface area contributed by atoms with E-state index in [4.69, 9.17) is 0 Å². The summed E-state index contributed by atoms with van der Waals surface area (Å²) in [6.45, 7) is 0. The van der Waals surface area contributed by atoms with Gasteiger partial charge in [-0.2, -0.15) is 13.5 Å². The van der Waals surface area contributed by atoms with E-state index in [0.717, 1.165) is 18.2 Å². The van der Waals surface area contributed by atoms with Gasteiger partial charge in [-0.3, -0.25) is 19.9 Å². The lowest BCUT2D eigenvalue weighted by Crippen LogP contribution is -2.14. The van der Waals surface area contributed by atoms with E-state index in [9.17, 15) is 23.6 Å². The first kappa shape index (κ1) is 12.8. The SMILES string of the molecule is O=[N+]([O-])c1cc(O)ccc1NS(=O)(=O)c1ccn[nH]1. The second-order valence-corrected chi connectivity index (χ2v) is 5.14. The van der Waals surface area contributed by atoms with Crippen LogP contribution in [0.5, 0.6) is 5.75 Å². The lowest BCUT2D eigenvalue weighted by atomic mass is 10.2. The van der Waals surface area contributed by atoms with Crippen molar-refractivity contribution in [1.82, 2.24) is 10.2 Å². The molecule has 10 heteroatoms. The van der Waals surface area contributed by atoms with Crippen molar-refractivity contribution in [1.29, 1.82) is 0 Å². The predicted octanol–water partition coefficient (Wildman–Crippen LogP) is 0.824. The molecule has 9 nitrogen and oxygen atoms in total. The van der Waals surface area contributed by atoms with Gasteiger partial charge in [-0.1, -0.05) is 0 Å². The molecule has 19 heavy (non-hydrogen) atoms. The molecule has 0 saturated heterocycles. The number of anilines is 1. The molecular weight excluding hydrogens is 276 g/mol. The molecular formula is C9H8N4O5S. The van der Waals surface area contributed by atoms with Gasteiger partial charge in [0, 0.05) is 0 Å². The van der Waals surface area contributed by atoms with Gasteiger partial charge in [-0.25, -0.2) is 0 Å². The Hall–Kier alpha value is -2.62. The van der Waals surface area contributed by atoms with Crippen LogP contribution in [-0.4, -0.2) is 28.6 Å². The van der Waals surface area contributed by atoms with Crippen molar-refractivity contribution >= 4 is 21.4 Å². The Labute approximate surface area is 107 Å². The van der Waals surface area contributed by atoms with Crippen LogP contribution in [-0.2, 0) is 10.0 Å². The van der Waals surface area contributed by atoms with Crippen LogP contribution < -0.4 is 4.72 Å². The van der Waals surface area contributed by atoms with E-state index in [0.29, 0.717) is 0 Å². The van der Waals surface area contributed by atoms with E-state index in [-0.39, 0.29) is 16.5 Å². The van der Waals surface area contributed by atoms with Gasteiger partial charge in [0.25, 0.3) is 15.7 Å². The van der Waals surface area contributed by atoms with Gasteiger partial charge in [-0.05, 0) is 18.2 Å². The van der Waals surface area contributed by atoms with Crippen LogP contribution in [0.4, 0.5) is 11.4 Å². The maximum absolute atomic E-state index is 11.9. The van der Waals surface area contributed by atoms with Crippen molar-refractivity contribution in [3.05, 3.63) is 40.6 Å². The van der Waals surface area contributed by atoms with Gasteiger partial charge < -0.3 is 5.11 Å². The highest BCUT2D eigenvalue weighted by Crippen LogP contribution is 2.29. The van der Waals surface area contributed by atoms with Crippen LogP contribution in [0.2, 0.25) is 0 Å². The van der Waals surface area contributed by atoms with E-state index < -0.39 is 20.6 Å². The summed E-state index contributed by atoms with van der Waals surface area (Å²) in [5, 5.41) is 25.5. The molecule has 1 aromatic carbocycles. The molecule has 0 spiro atoms. The average molecular weight is 284 g/mol. The van der Waals surface area contributed by atoms with Crippen LogP contribution in [0.1, 0.15) is 0 Å². The topological polar surface area (TPSA) is 138 Å². The molecule has 0 amide bonds. The Morgan fingerprint density at radius 3 is 2.68 bits per heavy atom. The zero-order valence-corrected chi connectivity index (χ0v) is 10.1. The molecule has 0 aliphatic carbocycles. The first-order valence-corrected chi connectivity index (χ1v) is 6.38. The second kappa shape index (κ2) is 4.57. The number of rotatable bonds is 4. The van der Waals surface area contributed by atoms with E-state index in [2.05, 4.69) is 10.2 Å². The number of aromatic nitrogens is 2. The minimum atomic E-state index is -3.99. The summed E-state index contributed by atoms with van der Waals surface area (Å²) in [5.74, 6) is -0.337. The summed E-state index contributed by atoms with van der Waals surface area (Å²) in [6, 6.07) is 4.29. The number of aromatic amines is 1. The molecule has 3 N–H and O–H groups in total.